The van der Waals surface area contributed by atoms with Gasteiger partial charge in [0.1, 0.15) is 6.54 Å². The van der Waals surface area contributed by atoms with Crippen LogP contribution < -0.4 is 0 Å². The Kier molecular flexibility index (Phi) is 3.12. The predicted octanol–water partition coefficient (Wildman–Crippen LogP) is 1.48. The van der Waals surface area contributed by atoms with E-state index >= 15 is 0 Å². The minimum Gasteiger partial charge on any atom is -0.388 e. The monoisotopic (exact) mass is 248 g/mol. The zero-order valence-electron chi connectivity index (χ0n) is 10.6. The van der Waals surface area contributed by atoms with Gasteiger partial charge in [0.15, 0.2) is 0 Å². The highest BCUT2D eigenvalue weighted by atomic mass is 16.3. The number of hydrogen-bond donors (Lipinski definition) is 1. The molecule has 0 radical (unpaired) electrons. The molecule has 1 aliphatic carbocycles. The molecule has 1 aromatic rings. The molecular weight excluding hydrogens is 228 g/mol. The minimum absolute atomic E-state index is 0.214. The molecule has 0 spiro atoms. The molecule has 1 unspecified atom stereocenters. The van der Waals surface area contributed by atoms with E-state index in [1.54, 1.807) is 0 Å². The molecule has 1 N–H and O–H groups in total. The van der Waals surface area contributed by atoms with Gasteiger partial charge in [0.25, 0.3) is 0 Å². The second kappa shape index (κ2) is 4.76. The summed E-state index contributed by atoms with van der Waals surface area (Å²) in [6, 6.07) is 1.97. The highest BCUT2D eigenvalue weighted by molar-refractivity contribution is 5.76. The maximum absolute atomic E-state index is 12.1. The summed E-state index contributed by atoms with van der Waals surface area (Å²) < 4.78 is 2.03. The molecule has 4 nitrogen and oxygen atoms in total. The molecule has 2 aliphatic rings. The van der Waals surface area contributed by atoms with Gasteiger partial charge in [0, 0.05) is 30.5 Å². The topological polar surface area (TPSA) is 45.5 Å². The number of aliphatic hydroxyl groups excluding tert-OH is 1. The summed E-state index contributed by atoms with van der Waals surface area (Å²) in [5.41, 5.74) is 2.18. The third kappa shape index (κ3) is 2.05. The molecule has 98 valence electrons. The third-order valence-corrected chi connectivity index (χ3v) is 4.13. The first-order valence-electron chi connectivity index (χ1n) is 6.89. The molecular formula is C14H20N2O2. The van der Waals surface area contributed by atoms with Gasteiger partial charge in [-0.05, 0) is 38.2 Å². The van der Waals surface area contributed by atoms with Crippen molar-refractivity contribution in [3.63, 3.8) is 0 Å². The lowest BCUT2D eigenvalue weighted by Gasteiger charge is -2.21. The lowest BCUT2D eigenvalue weighted by Crippen LogP contribution is -2.31. The fraction of sp³-hybridized carbons (Fsp3) is 0.643. The molecule has 4 heteroatoms. The van der Waals surface area contributed by atoms with Gasteiger partial charge in [-0.2, -0.15) is 0 Å². The standard InChI is InChI=1S/C14H20N2O2/c17-13-5-3-4-12-11(13)6-9-16(12)10-14(18)15-7-1-2-8-15/h6,9,13,17H,1-5,7-8,10H2. The maximum Gasteiger partial charge on any atom is 0.242 e. The average molecular weight is 248 g/mol. The molecule has 1 aromatic heterocycles. The maximum atomic E-state index is 12.1. The lowest BCUT2D eigenvalue weighted by atomic mass is 9.95. The number of fused-ring (bicyclic) bond motifs is 1. The Morgan fingerprint density at radius 1 is 1.33 bits per heavy atom. The predicted molar refractivity (Wildman–Crippen MR) is 68.1 cm³/mol. The normalized spacial score (nSPS) is 23.2. The van der Waals surface area contributed by atoms with E-state index in [0.717, 1.165) is 56.5 Å². The van der Waals surface area contributed by atoms with Gasteiger partial charge >= 0.3 is 0 Å². The van der Waals surface area contributed by atoms with Crippen LogP contribution in [-0.2, 0) is 17.8 Å². The molecule has 1 aliphatic heterocycles. The van der Waals surface area contributed by atoms with Crippen molar-refractivity contribution in [1.82, 2.24) is 9.47 Å². The fourth-order valence-electron chi connectivity index (χ4n) is 3.09. The van der Waals surface area contributed by atoms with E-state index in [4.69, 9.17) is 0 Å². The van der Waals surface area contributed by atoms with Crippen molar-refractivity contribution >= 4 is 5.91 Å². The Morgan fingerprint density at radius 3 is 2.89 bits per heavy atom. The van der Waals surface area contributed by atoms with Gasteiger partial charge < -0.3 is 14.6 Å². The van der Waals surface area contributed by atoms with Crippen LogP contribution in [0.4, 0.5) is 0 Å². The Labute approximate surface area is 107 Å². The van der Waals surface area contributed by atoms with Crippen LogP contribution in [0.2, 0.25) is 0 Å². The second-order valence-corrected chi connectivity index (χ2v) is 5.34. The summed E-state index contributed by atoms with van der Waals surface area (Å²) in [4.78, 5) is 14.1. The highest BCUT2D eigenvalue weighted by Crippen LogP contribution is 2.30. The van der Waals surface area contributed by atoms with Crippen molar-refractivity contribution < 1.29 is 9.90 Å². The molecule has 18 heavy (non-hydrogen) atoms. The van der Waals surface area contributed by atoms with E-state index in [9.17, 15) is 9.90 Å². The molecule has 0 bridgehead atoms. The molecule has 1 atom stereocenters. The van der Waals surface area contributed by atoms with Gasteiger partial charge in [-0.15, -0.1) is 0 Å². The minimum atomic E-state index is -0.336. The number of carbonyl (C=O) groups excluding carboxylic acids is 1. The summed E-state index contributed by atoms with van der Waals surface area (Å²) in [5.74, 6) is 0.214. The number of amides is 1. The van der Waals surface area contributed by atoms with Crippen LogP contribution in [0.1, 0.15) is 43.0 Å². The summed E-state index contributed by atoms with van der Waals surface area (Å²) in [6.07, 6.45) is 6.71. The Hall–Kier alpha value is -1.29. The molecule has 0 aromatic carbocycles. The van der Waals surface area contributed by atoms with E-state index in [-0.39, 0.29) is 12.0 Å². The van der Waals surface area contributed by atoms with E-state index < -0.39 is 0 Å². The number of rotatable bonds is 2. The molecule has 1 amide bonds. The summed E-state index contributed by atoms with van der Waals surface area (Å²) in [7, 11) is 0. The van der Waals surface area contributed by atoms with Crippen LogP contribution in [0.5, 0.6) is 0 Å². The number of aliphatic hydroxyl groups is 1. The zero-order valence-corrected chi connectivity index (χ0v) is 10.6. The number of nitrogens with zero attached hydrogens (tertiary/aromatic N) is 2. The van der Waals surface area contributed by atoms with Crippen LogP contribution in [0, 0.1) is 0 Å². The first-order chi connectivity index (χ1) is 8.75. The van der Waals surface area contributed by atoms with Crippen LogP contribution in [0.3, 0.4) is 0 Å². The van der Waals surface area contributed by atoms with Gasteiger partial charge in [-0.3, -0.25) is 4.79 Å². The molecule has 1 fully saturated rings. The zero-order chi connectivity index (χ0) is 12.5. The van der Waals surface area contributed by atoms with Gasteiger partial charge in [0.05, 0.1) is 6.10 Å². The van der Waals surface area contributed by atoms with Gasteiger partial charge in [-0.25, -0.2) is 0 Å². The lowest BCUT2D eigenvalue weighted by molar-refractivity contribution is -0.130. The van der Waals surface area contributed by atoms with E-state index in [1.165, 1.54) is 0 Å². The smallest absolute Gasteiger partial charge is 0.242 e. The summed E-state index contributed by atoms with van der Waals surface area (Å²) in [5, 5.41) is 9.91. The number of likely N-dealkylation sites (tertiary alicyclic amines) is 1. The summed E-state index contributed by atoms with van der Waals surface area (Å²) >= 11 is 0. The van der Waals surface area contributed by atoms with Crippen LogP contribution in [0.25, 0.3) is 0 Å². The van der Waals surface area contributed by atoms with Crippen molar-refractivity contribution in [2.24, 2.45) is 0 Å². The van der Waals surface area contributed by atoms with Crippen molar-refractivity contribution in [1.29, 1.82) is 0 Å². The molecule has 1 saturated heterocycles. The van der Waals surface area contributed by atoms with Crippen molar-refractivity contribution in [2.45, 2.75) is 44.8 Å². The van der Waals surface area contributed by atoms with Crippen molar-refractivity contribution in [3.8, 4) is 0 Å². The van der Waals surface area contributed by atoms with Gasteiger partial charge in [-0.1, -0.05) is 0 Å². The summed E-state index contributed by atoms with van der Waals surface area (Å²) in [6.45, 7) is 2.25. The number of carbonyl (C=O) groups is 1. The first kappa shape index (κ1) is 11.8. The van der Waals surface area contributed by atoms with Crippen LogP contribution in [-0.4, -0.2) is 33.6 Å². The van der Waals surface area contributed by atoms with E-state index in [1.807, 2.05) is 21.7 Å². The van der Waals surface area contributed by atoms with Crippen LogP contribution >= 0.6 is 0 Å². The molecule has 2 heterocycles. The van der Waals surface area contributed by atoms with Gasteiger partial charge in [0.2, 0.25) is 5.91 Å². The Bertz CT molecular complexity index is 447. The van der Waals surface area contributed by atoms with Crippen molar-refractivity contribution in [2.75, 3.05) is 13.1 Å². The van der Waals surface area contributed by atoms with Crippen LogP contribution in [0.15, 0.2) is 12.3 Å². The largest absolute Gasteiger partial charge is 0.388 e. The van der Waals surface area contributed by atoms with Crippen molar-refractivity contribution in [3.05, 3.63) is 23.5 Å². The molecule has 0 saturated carbocycles. The average Bonchev–Trinajstić information content (AvgIpc) is 2.99. The third-order valence-electron chi connectivity index (χ3n) is 4.13. The fourth-order valence-corrected chi connectivity index (χ4v) is 3.09. The second-order valence-electron chi connectivity index (χ2n) is 5.34. The Morgan fingerprint density at radius 2 is 2.11 bits per heavy atom. The number of aromatic nitrogens is 1. The number of hydrogen-bond acceptors (Lipinski definition) is 2. The first-order valence-corrected chi connectivity index (χ1v) is 6.89. The Balaban J connectivity index is 1.75. The highest BCUT2D eigenvalue weighted by Gasteiger charge is 2.23. The quantitative estimate of drug-likeness (QED) is 0.861. The van der Waals surface area contributed by atoms with E-state index in [0.29, 0.717) is 6.54 Å². The SMILES string of the molecule is O=C(Cn1ccc2c1CCCC2O)N1CCCC1. The van der Waals surface area contributed by atoms with E-state index in [2.05, 4.69) is 0 Å². The molecule has 3 rings (SSSR count).